The monoisotopic (exact) mass is 243 g/mol. The standard InChI is InChI=1S/C15H17NO2/c1-2-9-5-3-7-11-10-6-4-8-12(10)14(15(17)18)16-13(9)11/h3-7,10,12,14,16H,2,8H2,1H3,(H,17,18)/t10-,12-,14-/m1/s1. The van der Waals surface area contributed by atoms with Gasteiger partial charge in [0.15, 0.2) is 0 Å². The first-order valence-electron chi connectivity index (χ1n) is 6.50. The molecule has 18 heavy (non-hydrogen) atoms. The average molecular weight is 243 g/mol. The van der Waals surface area contributed by atoms with Crippen molar-refractivity contribution >= 4 is 11.7 Å². The lowest BCUT2D eigenvalue weighted by atomic mass is 9.78. The van der Waals surface area contributed by atoms with Gasteiger partial charge in [0, 0.05) is 17.5 Å². The lowest BCUT2D eigenvalue weighted by Crippen LogP contribution is -2.42. The summed E-state index contributed by atoms with van der Waals surface area (Å²) >= 11 is 0. The maximum Gasteiger partial charge on any atom is 0.326 e. The summed E-state index contributed by atoms with van der Waals surface area (Å²) in [4.78, 5) is 11.4. The molecule has 2 N–H and O–H groups in total. The molecule has 0 radical (unpaired) electrons. The van der Waals surface area contributed by atoms with Gasteiger partial charge in [0.2, 0.25) is 0 Å². The molecule has 1 aromatic rings. The number of nitrogens with one attached hydrogen (secondary N) is 1. The molecule has 0 fully saturated rings. The highest BCUT2D eigenvalue weighted by Gasteiger charge is 2.41. The van der Waals surface area contributed by atoms with Crippen LogP contribution in [0.1, 0.15) is 30.4 Å². The maximum absolute atomic E-state index is 11.4. The van der Waals surface area contributed by atoms with Crippen LogP contribution in [0.25, 0.3) is 0 Å². The molecule has 3 heteroatoms. The number of aryl methyl sites for hydroxylation is 1. The molecule has 1 heterocycles. The molecule has 3 rings (SSSR count). The van der Waals surface area contributed by atoms with Crippen LogP contribution in [0.4, 0.5) is 5.69 Å². The van der Waals surface area contributed by atoms with Crippen LogP contribution in [-0.2, 0) is 11.2 Å². The number of hydrogen-bond acceptors (Lipinski definition) is 2. The molecule has 0 saturated heterocycles. The Labute approximate surface area is 107 Å². The topological polar surface area (TPSA) is 49.3 Å². The third kappa shape index (κ3) is 1.54. The summed E-state index contributed by atoms with van der Waals surface area (Å²) in [6.45, 7) is 2.10. The van der Waals surface area contributed by atoms with E-state index >= 15 is 0 Å². The van der Waals surface area contributed by atoms with Crippen LogP contribution >= 0.6 is 0 Å². The number of allylic oxidation sites excluding steroid dienone is 2. The number of rotatable bonds is 2. The summed E-state index contributed by atoms with van der Waals surface area (Å²) in [7, 11) is 0. The Kier molecular flexibility index (Phi) is 2.62. The van der Waals surface area contributed by atoms with E-state index in [1.807, 2.05) is 0 Å². The first kappa shape index (κ1) is 11.3. The average Bonchev–Trinajstić information content (AvgIpc) is 2.86. The van der Waals surface area contributed by atoms with Crippen LogP contribution in [0.2, 0.25) is 0 Å². The third-order valence-corrected chi connectivity index (χ3v) is 4.13. The Morgan fingerprint density at radius 2 is 2.33 bits per heavy atom. The van der Waals surface area contributed by atoms with Crippen molar-refractivity contribution in [3.8, 4) is 0 Å². The summed E-state index contributed by atoms with van der Waals surface area (Å²) < 4.78 is 0. The second kappa shape index (κ2) is 4.16. The molecule has 1 aromatic carbocycles. The predicted molar refractivity (Wildman–Crippen MR) is 70.9 cm³/mol. The molecule has 0 unspecified atom stereocenters. The Hall–Kier alpha value is -1.77. The lowest BCUT2D eigenvalue weighted by molar-refractivity contribution is -0.139. The Balaban J connectivity index is 2.11. The van der Waals surface area contributed by atoms with Crippen molar-refractivity contribution in [2.75, 3.05) is 5.32 Å². The minimum absolute atomic E-state index is 0.155. The van der Waals surface area contributed by atoms with Crippen LogP contribution in [0.15, 0.2) is 30.4 Å². The molecule has 94 valence electrons. The highest BCUT2D eigenvalue weighted by Crippen LogP contribution is 2.45. The zero-order valence-electron chi connectivity index (χ0n) is 10.4. The maximum atomic E-state index is 11.4. The molecule has 0 spiro atoms. The number of para-hydroxylation sites is 1. The summed E-state index contributed by atoms with van der Waals surface area (Å²) in [5.41, 5.74) is 3.50. The molecule has 1 aliphatic carbocycles. The first-order valence-corrected chi connectivity index (χ1v) is 6.50. The van der Waals surface area contributed by atoms with Crippen LogP contribution in [0.3, 0.4) is 0 Å². The van der Waals surface area contributed by atoms with Crippen molar-refractivity contribution in [1.82, 2.24) is 0 Å². The van der Waals surface area contributed by atoms with Crippen LogP contribution in [0.5, 0.6) is 0 Å². The number of fused-ring (bicyclic) bond motifs is 3. The molecule has 0 aromatic heterocycles. The third-order valence-electron chi connectivity index (χ3n) is 4.13. The number of anilines is 1. The highest BCUT2D eigenvalue weighted by molar-refractivity contribution is 5.81. The van der Waals surface area contributed by atoms with E-state index in [0.717, 1.165) is 18.5 Å². The minimum Gasteiger partial charge on any atom is -0.480 e. The molecule has 1 aliphatic heterocycles. The van der Waals surface area contributed by atoms with Gasteiger partial charge in [0.1, 0.15) is 6.04 Å². The van der Waals surface area contributed by atoms with Gasteiger partial charge < -0.3 is 10.4 Å². The fourth-order valence-electron chi connectivity index (χ4n) is 3.23. The van der Waals surface area contributed by atoms with Gasteiger partial charge in [-0.05, 0) is 24.0 Å². The summed E-state index contributed by atoms with van der Waals surface area (Å²) in [5, 5.41) is 12.6. The van der Waals surface area contributed by atoms with Gasteiger partial charge in [-0.1, -0.05) is 37.3 Å². The van der Waals surface area contributed by atoms with Crippen LogP contribution in [0, 0.1) is 5.92 Å². The van der Waals surface area contributed by atoms with Gasteiger partial charge in [-0.25, -0.2) is 4.79 Å². The second-order valence-corrected chi connectivity index (χ2v) is 5.05. The summed E-state index contributed by atoms with van der Waals surface area (Å²) in [5.74, 6) is -0.332. The molecule has 3 atom stereocenters. The first-order chi connectivity index (χ1) is 8.72. The lowest BCUT2D eigenvalue weighted by Gasteiger charge is -2.35. The van der Waals surface area contributed by atoms with Gasteiger partial charge >= 0.3 is 5.97 Å². The van der Waals surface area contributed by atoms with Crippen molar-refractivity contribution in [1.29, 1.82) is 0 Å². The van der Waals surface area contributed by atoms with E-state index in [1.54, 1.807) is 0 Å². The van der Waals surface area contributed by atoms with Crippen molar-refractivity contribution < 1.29 is 9.90 Å². The SMILES string of the molecule is CCc1cccc2c1N[C@@H](C(=O)O)[C@@H]1CC=C[C@H]21. The van der Waals surface area contributed by atoms with E-state index in [1.165, 1.54) is 11.1 Å². The Morgan fingerprint density at radius 3 is 3.06 bits per heavy atom. The zero-order valence-corrected chi connectivity index (χ0v) is 10.4. The number of benzene rings is 1. The van der Waals surface area contributed by atoms with Gasteiger partial charge in [-0.15, -0.1) is 0 Å². The summed E-state index contributed by atoms with van der Waals surface area (Å²) in [6.07, 6.45) is 6.05. The van der Waals surface area contributed by atoms with Crippen LogP contribution in [-0.4, -0.2) is 17.1 Å². The smallest absolute Gasteiger partial charge is 0.326 e. The number of hydrogen-bond donors (Lipinski definition) is 2. The van der Waals surface area contributed by atoms with E-state index < -0.39 is 12.0 Å². The Morgan fingerprint density at radius 1 is 1.50 bits per heavy atom. The van der Waals surface area contributed by atoms with Crippen molar-refractivity contribution in [3.63, 3.8) is 0 Å². The molecule has 2 aliphatic rings. The highest BCUT2D eigenvalue weighted by atomic mass is 16.4. The van der Waals surface area contributed by atoms with Gasteiger partial charge in [0.05, 0.1) is 0 Å². The molecule has 0 amide bonds. The number of aliphatic carboxylic acids is 1. The molecule has 0 saturated carbocycles. The largest absolute Gasteiger partial charge is 0.480 e. The van der Waals surface area contributed by atoms with E-state index in [0.29, 0.717) is 0 Å². The molecule has 3 nitrogen and oxygen atoms in total. The fourth-order valence-corrected chi connectivity index (χ4v) is 3.23. The fraction of sp³-hybridized carbons (Fsp3) is 0.400. The predicted octanol–water partition coefficient (Wildman–Crippen LogP) is 2.79. The van der Waals surface area contributed by atoms with Crippen molar-refractivity contribution in [2.24, 2.45) is 5.92 Å². The number of carboxylic acid groups (broad SMARTS) is 1. The quantitative estimate of drug-likeness (QED) is 0.785. The van der Waals surface area contributed by atoms with E-state index in [4.69, 9.17) is 0 Å². The summed E-state index contributed by atoms with van der Waals surface area (Å²) in [6, 6.07) is 5.80. The van der Waals surface area contributed by atoms with E-state index in [2.05, 4.69) is 42.6 Å². The van der Waals surface area contributed by atoms with Gasteiger partial charge in [0.25, 0.3) is 0 Å². The number of carbonyl (C=O) groups is 1. The molecule has 0 bridgehead atoms. The second-order valence-electron chi connectivity index (χ2n) is 5.05. The van der Waals surface area contributed by atoms with Crippen molar-refractivity contribution in [2.45, 2.75) is 31.7 Å². The van der Waals surface area contributed by atoms with Gasteiger partial charge in [-0.2, -0.15) is 0 Å². The molecular weight excluding hydrogens is 226 g/mol. The molecular formula is C15H17NO2. The minimum atomic E-state index is -0.745. The zero-order chi connectivity index (χ0) is 12.7. The van der Waals surface area contributed by atoms with Gasteiger partial charge in [-0.3, -0.25) is 0 Å². The van der Waals surface area contributed by atoms with E-state index in [-0.39, 0.29) is 11.8 Å². The number of carboxylic acids is 1. The normalized spacial score (nSPS) is 28.4. The van der Waals surface area contributed by atoms with E-state index in [9.17, 15) is 9.90 Å². The van der Waals surface area contributed by atoms with Crippen molar-refractivity contribution in [3.05, 3.63) is 41.5 Å². The Bertz CT molecular complexity index is 521. The van der Waals surface area contributed by atoms with Crippen LogP contribution < -0.4 is 5.32 Å².